The zero-order chi connectivity index (χ0) is 14.3. The Morgan fingerprint density at radius 3 is 2.42 bits per heavy atom. The normalized spacial score (nSPS) is 11.4. The molecule has 0 aliphatic heterocycles. The second kappa shape index (κ2) is 7.52. The molecular formula is C12H16O5S2. The second-order valence-electron chi connectivity index (χ2n) is 3.75. The molecule has 0 aromatic heterocycles. The minimum Gasteiger partial charge on any atom is -0.478 e. The molecule has 1 rings (SSSR count). The fourth-order valence-electron chi connectivity index (χ4n) is 1.34. The number of thioether (sulfide) groups is 1. The molecule has 106 valence electrons. The monoisotopic (exact) mass is 304 g/mol. The van der Waals surface area contributed by atoms with Crippen molar-refractivity contribution in [1.29, 1.82) is 0 Å². The van der Waals surface area contributed by atoms with Crippen LogP contribution in [0.3, 0.4) is 0 Å². The zero-order valence-corrected chi connectivity index (χ0v) is 12.2. The van der Waals surface area contributed by atoms with Gasteiger partial charge in [-0.15, -0.1) is 0 Å². The molecule has 0 radical (unpaired) electrons. The number of carboxylic acids is 1. The van der Waals surface area contributed by atoms with Crippen LogP contribution in [-0.2, 0) is 14.6 Å². The first-order valence-electron chi connectivity index (χ1n) is 5.60. The number of benzene rings is 1. The van der Waals surface area contributed by atoms with Crippen LogP contribution < -0.4 is 0 Å². The van der Waals surface area contributed by atoms with Gasteiger partial charge in [0.2, 0.25) is 0 Å². The quantitative estimate of drug-likeness (QED) is 0.734. The van der Waals surface area contributed by atoms with E-state index in [-0.39, 0.29) is 16.2 Å². The largest absolute Gasteiger partial charge is 0.478 e. The van der Waals surface area contributed by atoms with Crippen molar-refractivity contribution in [3.8, 4) is 0 Å². The number of methoxy groups -OCH3 is 1. The Bertz CT molecular complexity index is 507. The Kier molecular flexibility index (Phi) is 6.33. The molecule has 0 saturated carbocycles. The molecule has 0 heterocycles. The van der Waals surface area contributed by atoms with E-state index < -0.39 is 15.8 Å². The molecule has 1 aromatic carbocycles. The van der Waals surface area contributed by atoms with E-state index in [0.717, 1.165) is 5.75 Å². The third-order valence-corrected chi connectivity index (χ3v) is 5.33. The topological polar surface area (TPSA) is 80.7 Å². The first kappa shape index (κ1) is 16.0. The molecule has 0 saturated heterocycles. The maximum Gasteiger partial charge on any atom is 0.335 e. The first-order valence-corrected chi connectivity index (χ1v) is 8.41. The number of rotatable bonds is 8. The summed E-state index contributed by atoms with van der Waals surface area (Å²) in [6.07, 6.45) is 0. The Morgan fingerprint density at radius 1 is 1.26 bits per heavy atom. The van der Waals surface area contributed by atoms with E-state index >= 15 is 0 Å². The van der Waals surface area contributed by atoms with Gasteiger partial charge in [-0.3, -0.25) is 0 Å². The van der Waals surface area contributed by atoms with Crippen molar-refractivity contribution in [2.45, 2.75) is 4.90 Å². The van der Waals surface area contributed by atoms with Gasteiger partial charge in [-0.2, -0.15) is 11.8 Å². The standard InChI is InChI=1S/C12H16O5S2/c1-17-6-7-18-8-9-19(15,16)11-4-2-10(3-5-11)12(13)14/h2-5H,6-9H2,1H3,(H,13,14). The number of carboxylic acid groups (broad SMARTS) is 1. The van der Waals surface area contributed by atoms with E-state index in [4.69, 9.17) is 9.84 Å². The molecule has 0 fully saturated rings. The van der Waals surface area contributed by atoms with E-state index in [2.05, 4.69) is 0 Å². The summed E-state index contributed by atoms with van der Waals surface area (Å²) in [6.45, 7) is 0.595. The minimum atomic E-state index is -3.34. The molecule has 0 bridgehead atoms. The van der Waals surface area contributed by atoms with Gasteiger partial charge in [-0.05, 0) is 24.3 Å². The number of carbonyl (C=O) groups is 1. The molecule has 0 spiro atoms. The van der Waals surface area contributed by atoms with Crippen molar-refractivity contribution in [2.24, 2.45) is 0 Å². The van der Waals surface area contributed by atoms with Gasteiger partial charge < -0.3 is 9.84 Å². The van der Waals surface area contributed by atoms with E-state index in [9.17, 15) is 13.2 Å². The number of sulfone groups is 1. The Labute approximate surface area is 116 Å². The van der Waals surface area contributed by atoms with Crippen LogP contribution in [0, 0.1) is 0 Å². The van der Waals surface area contributed by atoms with Crippen LogP contribution in [0.25, 0.3) is 0 Å². The first-order chi connectivity index (χ1) is 8.97. The highest BCUT2D eigenvalue weighted by Crippen LogP contribution is 2.14. The van der Waals surface area contributed by atoms with Crippen molar-refractivity contribution in [1.82, 2.24) is 0 Å². The Hall–Kier alpha value is -1.05. The summed E-state index contributed by atoms with van der Waals surface area (Å²) in [5, 5.41) is 8.74. The van der Waals surface area contributed by atoms with E-state index in [1.807, 2.05) is 0 Å². The van der Waals surface area contributed by atoms with Crippen molar-refractivity contribution >= 4 is 27.6 Å². The van der Waals surface area contributed by atoms with Crippen molar-refractivity contribution in [3.05, 3.63) is 29.8 Å². The fourth-order valence-corrected chi connectivity index (χ4v) is 3.96. The lowest BCUT2D eigenvalue weighted by molar-refractivity contribution is 0.0696. The highest BCUT2D eigenvalue weighted by atomic mass is 32.2. The predicted molar refractivity (Wildman–Crippen MR) is 74.7 cm³/mol. The number of aromatic carboxylic acids is 1. The highest BCUT2D eigenvalue weighted by molar-refractivity contribution is 8.00. The third kappa shape index (κ3) is 5.22. The average molecular weight is 304 g/mol. The maximum atomic E-state index is 12.0. The van der Waals surface area contributed by atoms with E-state index in [0.29, 0.717) is 12.4 Å². The average Bonchev–Trinajstić information content (AvgIpc) is 2.38. The fraction of sp³-hybridized carbons (Fsp3) is 0.417. The van der Waals surface area contributed by atoms with Crippen molar-refractivity contribution in [3.63, 3.8) is 0 Å². The molecule has 0 aliphatic carbocycles. The molecule has 0 unspecified atom stereocenters. The van der Waals surface area contributed by atoms with Gasteiger partial charge in [-0.1, -0.05) is 0 Å². The zero-order valence-electron chi connectivity index (χ0n) is 10.5. The van der Waals surface area contributed by atoms with Gasteiger partial charge >= 0.3 is 5.97 Å². The number of hydrogen-bond donors (Lipinski definition) is 1. The lowest BCUT2D eigenvalue weighted by Gasteiger charge is -2.05. The van der Waals surface area contributed by atoms with E-state index in [1.165, 1.54) is 36.0 Å². The summed E-state index contributed by atoms with van der Waals surface area (Å²) in [6, 6.07) is 5.26. The second-order valence-corrected chi connectivity index (χ2v) is 7.09. The van der Waals surface area contributed by atoms with Gasteiger partial charge in [0, 0.05) is 18.6 Å². The van der Waals surface area contributed by atoms with E-state index in [1.54, 1.807) is 7.11 Å². The predicted octanol–water partition coefficient (Wildman–Crippen LogP) is 1.54. The molecule has 0 atom stereocenters. The summed E-state index contributed by atoms with van der Waals surface area (Å²) < 4.78 is 28.8. The molecule has 1 aromatic rings. The van der Waals surface area contributed by atoms with Crippen LogP contribution in [0.1, 0.15) is 10.4 Å². The highest BCUT2D eigenvalue weighted by Gasteiger charge is 2.14. The van der Waals surface area contributed by atoms with Crippen LogP contribution in [0.4, 0.5) is 0 Å². The number of ether oxygens (including phenoxy) is 1. The SMILES string of the molecule is COCCSCCS(=O)(=O)c1ccc(C(=O)O)cc1. The maximum absolute atomic E-state index is 12.0. The van der Waals surface area contributed by atoms with Gasteiger partial charge in [0.05, 0.1) is 22.8 Å². The van der Waals surface area contributed by atoms with Crippen molar-refractivity contribution < 1.29 is 23.1 Å². The molecule has 5 nitrogen and oxygen atoms in total. The van der Waals surface area contributed by atoms with Crippen LogP contribution in [0.2, 0.25) is 0 Å². The molecule has 0 aliphatic rings. The van der Waals surface area contributed by atoms with Crippen LogP contribution in [0.5, 0.6) is 0 Å². The summed E-state index contributed by atoms with van der Waals surface area (Å²) >= 11 is 1.51. The van der Waals surface area contributed by atoms with Gasteiger partial charge in [0.1, 0.15) is 0 Å². The van der Waals surface area contributed by atoms with Crippen LogP contribution in [0.15, 0.2) is 29.2 Å². The van der Waals surface area contributed by atoms with Gasteiger partial charge in [0.15, 0.2) is 9.84 Å². The molecule has 7 heteroatoms. The lowest BCUT2D eigenvalue weighted by atomic mass is 10.2. The molecule has 19 heavy (non-hydrogen) atoms. The summed E-state index contributed by atoms with van der Waals surface area (Å²) in [7, 11) is -1.75. The van der Waals surface area contributed by atoms with Crippen molar-refractivity contribution in [2.75, 3.05) is 31.0 Å². The summed E-state index contributed by atoms with van der Waals surface area (Å²) in [5.74, 6) is 0.212. The van der Waals surface area contributed by atoms with Crippen LogP contribution >= 0.6 is 11.8 Å². The van der Waals surface area contributed by atoms with Crippen LogP contribution in [-0.4, -0.2) is 50.5 Å². The molecule has 0 amide bonds. The molecule has 1 N–H and O–H groups in total. The number of hydrogen-bond acceptors (Lipinski definition) is 5. The lowest BCUT2D eigenvalue weighted by Crippen LogP contribution is -2.10. The van der Waals surface area contributed by atoms with Gasteiger partial charge in [-0.25, -0.2) is 13.2 Å². The Morgan fingerprint density at radius 2 is 1.89 bits per heavy atom. The summed E-state index contributed by atoms with van der Waals surface area (Å²) in [5.41, 5.74) is 0.0772. The smallest absolute Gasteiger partial charge is 0.335 e. The Balaban J connectivity index is 2.59. The molecular weight excluding hydrogens is 288 g/mol. The minimum absolute atomic E-state index is 0.0355. The van der Waals surface area contributed by atoms with Gasteiger partial charge in [0.25, 0.3) is 0 Å². The third-order valence-electron chi connectivity index (χ3n) is 2.39. The summed E-state index contributed by atoms with van der Waals surface area (Å²) in [4.78, 5) is 10.8.